The summed E-state index contributed by atoms with van der Waals surface area (Å²) in [4.78, 5) is 20.9. The molecule has 0 heterocycles. The molecule has 0 aliphatic heterocycles. The molecule has 0 fully saturated rings. The lowest BCUT2D eigenvalue weighted by atomic mass is 10.5. The lowest BCUT2D eigenvalue weighted by Crippen LogP contribution is -2.38. The van der Waals surface area contributed by atoms with Crippen molar-refractivity contribution < 1.29 is 14.3 Å². The van der Waals surface area contributed by atoms with Crippen LogP contribution in [-0.4, -0.2) is 31.8 Å². The van der Waals surface area contributed by atoms with Crippen LogP contribution in [0.1, 0.15) is 13.3 Å². The summed E-state index contributed by atoms with van der Waals surface area (Å²) in [5, 5.41) is 5.09. The molecule has 0 saturated carbocycles. The fourth-order valence-electron chi connectivity index (χ4n) is 0.617. The van der Waals surface area contributed by atoms with Gasteiger partial charge in [-0.05, 0) is 6.42 Å². The van der Waals surface area contributed by atoms with Gasteiger partial charge in [0.1, 0.15) is 6.61 Å². The molecule has 0 radical (unpaired) electrons. The standard InChI is InChI=1S/C7H15N3O3/c1-2-3-9-7(12)10-4-5-13-6(8)11/h2-5H2,1H3,(H2,8,11)(H2,9,10,12). The molecule has 0 aromatic heterocycles. The van der Waals surface area contributed by atoms with Gasteiger partial charge < -0.3 is 21.1 Å². The Bertz CT molecular complexity index is 172. The summed E-state index contributed by atoms with van der Waals surface area (Å²) in [5.74, 6) is 0. The zero-order chi connectivity index (χ0) is 10.1. The maximum absolute atomic E-state index is 10.9. The predicted octanol–water partition coefficient (Wildman–Crippen LogP) is -0.209. The van der Waals surface area contributed by atoms with Crippen LogP contribution in [0.15, 0.2) is 0 Å². The monoisotopic (exact) mass is 189 g/mol. The first kappa shape index (κ1) is 11.5. The van der Waals surface area contributed by atoms with Gasteiger partial charge in [-0.3, -0.25) is 0 Å². The van der Waals surface area contributed by atoms with Crippen molar-refractivity contribution in [2.24, 2.45) is 5.73 Å². The van der Waals surface area contributed by atoms with Crippen LogP contribution in [-0.2, 0) is 4.74 Å². The number of ether oxygens (including phenoxy) is 1. The second-order valence-electron chi connectivity index (χ2n) is 2.35. The number of hydrogen-bond acceptors (Lipinski definition) is 3. The van der Waals surface area contributed by atoms with E-state index in [-0.39, 0.29) is 19.2 Å². The Morgan fingerprint density at radius 1 is 1.31 bits per heavy atom. The lowest BCUT2D eigenvalue weighted by Gasteiger charge is -2.05. The van der Waals surface area contributed by atoms with E-state index in [2.05, 4.69) is 15.4 Å². The van der Waals surface area contributed by atoms with Gasteiger partial charge in [-0.25, -0.2) is 9.59 Å². The van der Waals surface area contributed by atoms with Gasteiger partial charge in [-0.2, -0.15) is 0 Å². The van der Waals surface area contributed by atoms with E-state index in [1.165, 1.54) is 0 Å². The molecule has 0 aromatic rings. The molecule has 6 heteroatoms. The molecule has 0 aliphatic rings. The minimum absolute atomic E-state index is 0.0921. The number of carbonyl (C=O) groups excluding carboxylic acids is 2. The number of rotatable bonds is 5. The van der Waals surface area contributed by atoms with E-state index in [4.69, 9.17) is 5.73 Å². The van der Waals surface area contributed by atoms with Crippen molar-refractivity contribution in [1.29, 1.82) is 0 Å². The molecular weight excluding hydrogens is 174 g/mol. The second kappa shape index (κ2) is 7.20. The van der Waals surface area contributed by atoms with Crippen LogP contribution in [0.4, 0.5) is 9.59 Å². The fraction of sp³-hybridized carbons (Fsp3) is 0.714. The molecule has 13 heavy (non-hydrogen) atoms. The van der Waals surface area contributed by atoms with Crippen molar-refractivity contribution in [3.63, 3.8) is 0 Å². The topological polar surface area (TPSA) is 93.4 Å². The SMILES string of the molecule is CCCNC(=O)NCCOC(N)=O. The highest BCUT2D eigenvalue weighted by Gasteiger charge is 1.97. The quantitative estimate of drug-likeness (QED) is 0.522. The van der Waals surface area contributed by atoms with E-state index >= 15 is 0 Å². The van der Waals surface area contributed by atoms with Gasteiger partial charge in [-0.15, -0.1) is 0 Å². The maximum Gasteiger partial charge on any atom is 0.404 e. The summed E-state index contributed by atoms with van der Waals surface area (Å²) in [5.41, 5.74) is 4.70. The molecule has 0 atom stereocenters. The Kier molecular flexibility index (Phi) is 6.39. The van der Waals surface area contributed by atoms with Crippen molar-refractivity contribution in [2.75, 3.05) is 19.7 Å². The van der Waals surface area contributed by atoms with E-state index < -0.39 is 6.09 Å². The van der Waals surface area contributed by atoms with Gasteiger partial charge in [-0.1, -0.05) is 6.92 Å². The third-order valence-corrected chi connectivity index (χ3v) is 1.17. The third kappa shape index (κ3) is 8.45. The molecule has 6 nitrogen and oxygen atoms in total. The highest BCUT2D eigenvalue weighted by molar-refractivity contribution is 5.73. The van der Waals surface area contributed by atoms with Crippen LogP contribution < -0.4 is 16.4 Å². The molecule has 0 unspecified atom stereocenters. The van der Waals surface area contributed by atoms with Crippen molar-refractivity contribution in [3.05, 3.63) is 0 Å². The van der Waals surface area contributed by atoms with E-state index in [1.807, 2.05) is 6.92 Å². The molecule has 3 amide bonds. The molecular formula is C7H15N3O3. The molecule has 0 saturated heterocycles. The molecule has 76 valence electrons. The minimum Gasteiger partial charge on any atom is -0.448 e. The van der Waals surface area contributed by atoms with E-state index in [0.717, 1.165) is 6.42 Å². The number of carbonyl (C=O) groups is 2. The lowest BCUT2D eigenvalue weighted by molar-refractivity contribution is 0.157. The summed E-state index contributed by atoms with van der Waals surface area (Å²) in [6.07, 6.45) is 0.0429. The molecule has 0 aromatic carbocycles. The summed E-state index contributed by atoms with van der Waals surface area (Å²) in [6, 6.07) is -0.269. The van der Waals surface area contributed by atoms with Crippen molar-refractivity contribution in [2.45, 2.75) is 13.3 Å². The molecule has 0 bridgehead atoms. The first-order valence-electron chi connectivity index (χ1n) is 4.10. The highest BCUT2D eigenvalue weighted by atomic mass is 16.5. The van der Waals surface area contributed by atoms with Crippen LogP contribution in [0, 0.1) is 0 Å². The normalized spacial score (nSPS) is 9.00. The third-order valence-electron chi connectivity index (χ3n) is 1.17. The van der Waals surface area contributed by atoms with Crippen LogP contribution in [0.2, 0.25) is 0 Å². The van der Waals surface area contributed by atoms with E-state index in [9.17, 15) is 9.59 Å². The smallest absolute Gasteiger partial charge is 0.404 e. The largest absolute Gasteiger partial charge is 0.448 e. The van der Waals surface area contributed by atoms with Gasteiger partial charge in [0, 0.05) is 6.54 Å². The number of amides is 3. The fourth-order valence-corrected chi connectivity index (χ4v) is 0.617. The second-order valence-corrected chi connectivity index (χ2v) is 2.35. The van der Waals surface area contributed by atoms with Crippen LogP contribution in [0.3, 0.4) is 0 Å². The van der Waals surface area contributed by atoms with Gasteiger partial charge in [0.25, 0.3) is 0 Å². The van der Waals surface area contributed by atoms with Crippen LogP contribution >= 0.6 is 0 Å². The first-order chi connectivity index (χ1) is 6.16. The number of urea groups is 1. The minimum atomic E-state index is -0.837. The maximum atomic E-state index is 10.9. The van der Waals surface area contributed by atoms with Gasteiger partial charge >= 0.3 is 12.1 Å². The van der Waals surface area contributed by atoms with Gasteiger partial charge in [0.15, 0.2) is 0 Å². The Balaban J connectivity index is 3.22. The van der Waals surface area contributed by atoms with Crippen LogP contribution in [0.25, 0.3) is 0 Å². The van der Waals surface area contributed by atoms with Crippen molar-refractivity contribution in [3.8, 4) is 0 Å². The number of nitrogens with two attached hydrogens (primary N) is 1. The number of nitrogens with one attached hydrogen (secondary N) is 2. The summed E-state index contributed by atoms with van der Waals surface area (Å²) < 4.78 is 4.39. The van der Waals surface area contributed by atoms with Gasteiger partial charge in [0.2, 0.25) is 0 Å². The predicted molar refractivity (Wildman–Crippen MR) is 47.2 cm³/mol. The average molecular weight is 189 g/mol. The summed E-state index contributed by atoms with van der Waals surface area (Å²) in [7, 11) is 0. The zero-order valence-corrected chi connectivity index (χ0v) is 7.63. The highest BCUT2D eigenvalue weighted by Crippen LogP contribution is 1.73. The summed E-state index contributed by atoms with van der Waals surface area (Å²) >= 11 is 0. The molecule has 4 N–H and O–H groups in total. The average Bonchev–Trinajstić information content (AvgIpc) is 2.08. The zero-order valence-electron chi connectivity index (χ0n) is 7.63. The van der Waals surface area contributed by atoms with Crippen molar-refractivity contribution in [1.82, 2.24) is 10.6 Å². The molecule has 0 rings (SSSR count). The Labute approximate surface area is 76.8 Å². The first-order valence-corrected chi connectivity index (χ1v) is 4.10. The Morgan fingerprint density at radius 3 is 2.46 bits per heavy atom. The van der Waals surface area contributed by atoms with E-state index in [1.54, 1.807) is 0 Å². The number of hydrogen-bond donors (Lipinski definition) is 3. The Morgan fingerprint density at radius 2 is 1.92 bits per heavy atom. The van der Waals surface area contributed by atoms with E-state index in [0.29, 0.717) is 6.54 Å². The molecule has 0 aliphatic carbocycles. The van der Waals surface area contributed by atoms with Gasteiger partial charge in [0.05, 0.1) is 6.54 Å². The molecule has 0 spiro atoms. The Hall–Kier alpha value is -1.46. The van der Waals surface area contributed by atoms with Crippen molar-refractivity contribution >= 4 is 12.1 Å². The summed E-state index contributed by atoms with van der Waals surface area (Å²) in [6.45, 7) is 2.94. The van der Waals surface area contributed by atoms with Crippen LogP contribution in [0.5, 0.6) is 0 Å². The number of primary amides is 1.